The Morgan fingerprint density at radius 2 is 1.12 bits per heavy atom. The molecule has 0 atom stereocenters. The van der Waals surface area contributed by atoms with Crippen molar-refractivity contribution in [2.24, 2.45) is 0 Å². The van der Waals surface area contributed by atoms with Gasteiger partial charge in [0.15, 0.2) is 0 Å². The van der Waals surface area contributed by atoms with Gasteiger partial charge < -0.3 is 14.2 Å². The van der Waals surface area contributed by atoms with Crippen LogP contribution in [0.5, 0.6) is 17.2 Å². The first-order valence-corrected chi connectivity index (χ1v) is 11.3. The summed E-state index contributed by atoms with van der Waals surface area (Å²) in [6.07, 6.45) is 4.43. The van der Waals surface area contributed by atoms with Gasteiger partial charge in [-0.2, -0.15) is 48.5 Å². The molecule has 0 fully saturated rings. The van der Waals surface area contributed by atoms with Crippen molar-refractivity contribution in [1.29, 1.82) is 0 Å². The molecule has 0 spiro atoms. The van der Waals surface area contributed by atoms with Crippen molar-refractivity contribution in [1.82, 2.24) is 0 Å². The number of rotatable bonds is 10. The fraction of sp³-hybridized carbons (Fsp3) is 0.296. The molecule has 3 rings (SSSR count). The summed E-state index contributed by atoms with van der Waals surface area (Å²) in [5.74, 6) is 1.86. The predicted molar refractivity (Wildman–Crippen MR) is 123 cm³/mol. The van der Waals surface area contributed by atoms with E-state index < -0.39 is 0 Å². The van der Waals surface area contributed by atoms with Crippen molar-refractivity contribution in [3.63, 3.8) is 0 Å². The second-order valence-electron chi connectivity index (χ2n) is 6.79. The summed E-state index contributed by atoms with van der Waals surface area (Å²) in [5, 5.41) is 0. The summed E-state index contributed by atoms with van der Waals surface area (Å²) in [6.45, 7) is 5.80. The Balaban J connectivity index is 0.000000354. The molecule has 0 saturated carbocycles. The van der Waals surface area contributed by atoms with E-state index in [2.05, 4.69) is 41.6 Å². The number of hydrogen-bond donors (Lipinski definition) is 0. The monoisotopic (exact) mass is 493 g/mol. The van der Waals surface area contributed by atoms with Gasteiger partial charge in [0, 0.05) is 5.75 Å². The molecule has 0 saturated heterocycles. The molecule has 0 unspecified atom stereocenters. The zero-order valence-electron chi connectivity index (χ0n) is 19.0. The fourth-order valence-corrected chi connectivity index (χ4v) is 2.43. The van der Waals surface area contributed by atoms with E-state index in [0.29, 0.717) is 17.9 Å². The summed E-state index contributed by atoms with van der Waals surface area (Å²) in [4.78, 5) is 11.8. The van der Waals surface area contributed by atoms with Crippen LogP contribution in [0, 0.1) is 12.1 Å². The van der Waals surface area contributed by atoms with E-state index in [1.54, 1.807) is 48.5 Å². The van der Waals surface area contributed by atoms with Crippen LogP contribution >= 0.6 is 0 Å². The third kappa shape index (κ3) is 12.6. The third-order valence-electron chi connectivity index (χ3n) is 4.21. The van der Waals surface area contributed by atoms with E-state index in [1.807, 2.05) is 24.3 Å². The van der Waals surface area contributed by atoms with Gasteiger partial charge in [-0.1, -0.05) is 26.7 Å². The van der Waals surface area contributed by atoms with Crippen LogP contribution in [0.2, 0.25) is 0 Å². The number of carbonyl (C=O) groups excluding carboxylic acids is 1. The molecule has 3 aromatic rings. The van der Waals surface area contributed by atoms with E-state index in [9.17, 15) is 4.79 Å². The van der Waals surface area contributed by atoms with Crippen molar-refractivity contribution in [3.05, 3.63) is 90.5 Å². The van der Waals surface area contributed by atoms with Crippen LogP contribution in [-0.2, 0) is 19.5 Å². The van der Waals surface area contributed by atoms with E-state index in [-0.39, 0.29) is 5.97 Å². The second kappa shape index (κ2) is 18.6. The van der Waals surface area contributed by atoms with Crippen LogP contribution < -0.4 is 14.2 Å². The summed E-state index contributed by atoms with van der Waals surface area (Å²) in [5.41, 5.74) is 0.507. The van der Waals surface area contributed by atoms with Gasteiger partial charge in [0.05, 0.1) is 13.2 Å². The van der Waals surface area contributed by atoms with Crippen LogP contribution in [0.15, 0.2) is 72.8 Å². The van der Waals surface area contributed by atoms with Gasteiger partial charge >= 0.3 is 25.5 Å². The quantitative estimate of drug-likeness (QED) is 0.141. The van der Waals surface area contributed by atoms with Crippen LogP contribution in [0.4, 0.5) is 0 Å². The normalized spacial score (nSPS) is 9.42. The zero-order valence-corrected chi connectivity index (χ0v) is 20.1. The SMILES string of the molecule is CCCCOc1cc[c-]cc1.CCCCOc1ccc(OC(=O)c2cc[c-]cc2)cc1.[O]=[Co]. The summed E-state index contributed by atoms with van der Waals surface area (Å²) >= 11 is 2.31. The van der Waals surface area contributed by atoms with E-state index >= 15 is 0 Å². The van der Waals surface area contributed by atoms with Crippen molar-refractivity contribution in [2.45, 2.75) is 39.5 Å². The van der Waals surface area contributed by atoms with Crippen molar-refractivity contribution in [3.8, 4) is 17.2 Å². The van der Waals surface area contributed by atoms with Crippen LogP contribution in [0.3, 0.4) is 0 Å². The number of hydrogen-bond acceptors (Lipinski definition) is 5. The Hall–Kier alpha value is -2.96. The minimum atomic E-state index is -0.376. The Labute approximate surface area is 204 Å². The van der Waals surface area contributed by atoms with Gasteiger partial charge in [-0.3, -0.25) is 0 Å². The summed E-state index contributed by atoms with van der Waals surface area (Å²) in [7, 11) is 0. The average Bonchev–Trinajstić information content (AvgIpc) is 2.88. The Bertz CT molecular complexity index is 870. The van der Waals surface area contributed by atoms with Crippen LogP contribution in [0.1, 0.15) is 49.9 Å². The minimum absolute atomic E-state index is 0.376. The molecule has 0 aliphatic carbocycles. The molecule has 0 aliphatic rings. The first kappa shape index (κ1) is 28.1. The molecule has 0 heterocycles. The molecule has 0 aromatic heterocycles. The Kier molecular flexibility index (Phi) is 15.8. The predicted octanol–water partition coefficient (Wildman–Crippen LogP) is 6.43. The van der Waals surface area contributed by atoms with Gasteiger partial charge in [0.2, 0.25) is 0 Å². The number of ether oxygens (including phenoxy) is 3. The molecule has 0 bridgehead atoms. The Morgan fingerprint density at radius 1 is 0.697 bits per heavy atom. The number of esters is 1. The molecule has 5 nitrogen and oxygen atoms in total. The second-order valence-corrected chi connectivity index (χ2v) is 6.79. The molecule has 0 aliphatic heterocycles. The first-order chi connectivity index (χ1) is 16.2. The maximum atomic E-state index is 11.8. The average molecular weight is 493 g/mol. The molecular formula is C27H30CoO5-2. The van der Waals surface area contributed by atoms with E-state index in [0.717, 1.165) is 37.4 Å². The zero-order chi connectivity index (χ0) is 24.2. The summed E-state index contributed by atoms with van der Waals surface area (Å²) < 4.78 is 24.2. The molecule has 3 aromatic carbocycles. The van der Waals surface area contributed by atoms with Crippen LogP contribution in [-0.4, -0.2) is 19.2 Å². The molecule has 0 N–H and O–H groups in total. The van der Waals surface area contributed by atoms with E-state index in [4.69, 9.17) is 18.1 Å². The Morgan fingerprint density at radius 3 is 1.61 bits per heavy atom. The molecule has 33 heavy (non-hydrogen) atoms. The van der Waals surface area contributed by atoms with Gasteiger partial charge in [-0.25, -0.2) is 4.79 Å². The van der Waals surface area contributed by atoms with Crippen molar-refractivity contribution in [2.75, 3.05) is 13.2 Å². The molecule has 0 amide bonds. The standard InChI is InChI=1S/C17H17O3.C10H13O.Co.O/c1-2-3-13-19-15-9-11-16(12-10-15)20-17(18)14-7-5-4-6-8-14;1-2-3-9-11-10-7-5-4-6-8-10;;/h5-12H,2-3,13H2,1H3;5-8H,2-3,9H2,1H3;;/q2*-1;;. The molecule has 6 heteroatoms. The van der Waals surface area contributed by atoms with E-state index in [1.165, 1.54) is 6.42 Å². The third-order valence-corrected chi connectivity index (χ3v) is 4.21. The molecule has 179 valence electrons. The number of carbonyl (C=O) groups is 1. The van der Waals surface area contributed by atoms with Gasteiger partial charge in [-0.05, 0) is 42.7 Å². The summed E-state index contributed by atoms with van der Waals surface area (Å²) in [6, 6.07) is 27.2. The fourth-order valence-electron chi connectivity index (χ4n) is 2.43. The van der Waals surface area contributed by atoms with Crippen molar-refractivity contribution >= 4 is 5.97 Å². The van der Waals surface area contributed by atoms with Gasteiger partial charge in [0.1, 0.15) is 11.5 Å². The molecular weight excluding hydrogens is 463 g/mol. The molecule has 0 radical (unpaired) electrons. The van der Waals surface area contributed by atoms with Gasteiger partial charge in [0.25, 0.3) is 0 Å². The number of unbranched alkanes of at least 4 members (excludes halogenated alkanes) is 2. The number of benzene rings is 3. The topological polar surface area (TPSA) is 61.8 Å². The van der Waals surface area contributed by atoms with Crippen LogP contribution in [0.25, 0.3) is 0 Å². The first-order valence-electron chi connectivity index (χ1n) is 10.9. The van der Waals surface area contributed by atoms with Gasteiger partial charge in [-0.15, -0.1) is 12.1 Å². The van der Waals surface area contributed by atoms with Crippen molar-refractivity contribution < 1.29 is 38.5 Å². The maximum absolute atomic E-state index is 11.8.